The van der Waals surface area contributed by atoms with E-state index in [-0.39, 0.29) is 5.37 Å². The fourth-order valence-corrected chi connectivity index (χ4v) is 9.52. The molecule has 6 heteroatoms. The van der Waals surface area contributed by atoms with Gasteiger partial charge in [0.2, 0.25) is 0 Å². The van der Waals surface area contributed by atoms with Crippen LogP contribution in [0, 0.1) is 0 Å². The molecule has 0 spiro atoms. The van der Waals surface area contributed by atoms with Crippen molar-refractivity contribution < 1.29 is 4.74 Å². The Morgan fingerprint density at radius 3 is 1.96 bits per heavy atom. The summed E-state index contributed by atoms with van der Waals surface area (Å²) in [6.07, 6.45) is 13.3. The van der Waals surface area contributed by atoms with Crippen molar-refractivity contribution in [3.8, 4) is 44.3 Å². The number of para-hydroxylation sites is 1. The third-order valence-electron chi connectivity index (χ3n) is 9.87. The second-order valence-corrected chi connectivity index (χ2v) is 15.2. The number of thiazole rings is 1. The highest BCUT2D eigenvalue weighted by Gasteiger charge is 2.28. The van der Waals surface area contributed by atoms with E-state index in [0.29, 0.717) is 0 Å². The molecule has 0 bridgehead atoms. The predicted molar refractivity (Wildman–Crippen MR) is 221 cm³/mol. The zero-order chi connectivity index (χ0) is 35.0. The maximum Gasteiger partial charge on any atom is 0.152 e. The van der Waals surface area contributed by atoms with Crippen molar-refractivity contribution in [2.24, 2.45) is 0 Å². The number of aryl methyl sites for hydroxylation is 1. The molecule has 52 heavy (non-hydrogen) atoms. The molecule has 1 unspecified atom stereocenters. The first kappa shape index (κ1) is 32.6. The first-order valence-corrected chi connectivity index (χ1v) is 19.9. The maximum atomic E-state index is 6.77. The summed E-state index contributed by atoms with van der Waals surface area (Å²) in [5, 5.41) is 5.09. The van der Waals surface area contributed by atoms with Gasteiger partial charge in [-0.3, -0.25) is 0 Å². The van der Waals surface area contributed by atoms with Gasteiger partial charge in [-0.05, 0) is 96.0 Å². The van der Waals surface area contributed by atoms with Crippen LogP contribution in [0.15, 0.2) is 144 Å². The fraction of sp³-hybridized carbons (Fsp3) is 0.152. The van der Waals surface area contributed by atoms with Crippen molar-refractivity contribution >= 4 is 46.2 Å². The smallest absolute Gasteiger partial charge is 0.152 e. The molecular formula is C46H39N3OS2. The van der Waals surface area contributed by atoms with E-state index in [4.69, 9.17) is 9.72 Å². The van der Waals surface area contributed by atoms with E-state index >= 15 is 0 Å². The molecule has 1 N–H and O–H groups in total. The van der Waals surface area contributed by atoms with E-state index in [2.05, 4.69) is 150 Å². The van der Waals surface area contributed by atoms with Crippen LogP contribution in [0.3, 0.4) is 0 Å². The van der Waals surface area contributed by atoms with Gasteiger partial charge in [0.15, 0.2) is 11.5 Å². The Morgan fingerprint density at radius 1 is 0.673 bits per heavy atom. The van der Waals surface area contributed by atoms with Crippen LogP contribution in [-0.4, -0.2) is 4.98 Å². The van der Waals surface area contributed by atoms with Crippen LogP contribution in [0.5, 0.6) is 11.5 Å². The minimum absolute atomic E-state index is 0.264. The topological polar surface area (TPSA) is 37.4 Å². The van der Waals surface area contributed by atoms with Crippen LogP contribution < -0.4 is 15.0 Å². The van der Waals surface area contributed by atoms with Gasteiger partial charge in [-0.2, -0.15) is 0 Å². The van der Waals surface area contributed by atoms with Crippen LogP contribution in [0.2, 0.25) is 0 Å². The number of benzene rings is 5. The zero-order valence-electron chi connectivity index (χ0n) is 29.3. The minimum Gasteiger partial charge on any atom is -0.453 e. The second-order valence-electron chi connectivity index (χ2n) is 13.0. The number of ether oxygens (including phenoxy) is 1. The molecule has 5 aromatic carbocycles. The number of nitrogens with zero attached hydrogens (tertiary/aromatic N) is 2. The molecule has 1 atom stereocenters. The molecule has 3 heterocycles. The average molecular weight is 714 g/mol. The third kappa shape index (κ3) is 6.06. The summed E-state index contributed by atoms with van der Waals surface area (Å²) in [6, 6.07) is 41.4. The monoisotopic (exact) mass is 713 g/mol. The first-order valence-electron chi connectivity index (χ1n) is 18.2. The number of hydrogen-bond acceptors (Lipinski definition) is 6. The second kappa shape index (κ2) is 14.0. The highest BCUT2D eigenvalue weighted by Crippen LogP contribution is 2.52. The van der Waals surface area contributed by atoms with Gasteiger partial charge in [-0.15, -0.1) is 11.3 Å². The lowest BCUT2D eigenvalue weighted by atomic mass is 10.00. The van der Waals surface area contributed by atoms with Crippen LogP contribution >= 0.6 is 23.1 Å². The minimum atomic E-state index is 0.264. The molecule has 4 nitrogen and oxygen atoms in total. The van der Waals surface area contributed by atoms with Crippen molar-refractivity contribution in [3.63, 3.8) is 0 Å². The zero-order valence-corrected chi connectivity index (χ0v) is 30.9. The summed E-state index contributed by atoms with van der Waals surface area (Å²) < 4.78 is 6.77. The lowest BCUT2D eigenvalue weighted by Gasteiger charge is -2.33. The molecule has 0 radical (unpaired) electrons. The fourth-order valence-electron chi connectivity index (χ4n) is 7.25. The van der Waals surface area contributed by atoms with Crippen LogP contribution in [0.25, 0.3) is 38.9 Å². The maximum absolute atomic E-state index is 6.77. The molecular weight excluding hydrogens is 675 g/mol. The Hall–Kier alpha value is -5.30. The van der Waals surface area contributed by atoms with Gasteiger partial charge >= 0.3 is 0 Å². The van der Waals surface area contributed by atoms with Gasteiger partial charge in [0.25, 0.3) is 0 Å². The van der Waals surface area contributed by atoms with E-state index in [1.54, 1.807) is 11.3 Å². The van der Waals surface area contributed by atoms with Crippen LogP contribution in [-0.2, 0) is 6.42 Å². The summed E-state index contributed by atoms with van der Waals surface area (Å²) >= 11 is 3.69. The lowest BCUT2D eigenvalue weighted by Crippen LogP contribution is -2.15. The number of anilines is 3. The molecule has 2 aliphatic heterocycles. The molecule has 256 valence electrons. The van der Waals surface area contributed by atoms with E-state index in [9.17, 15) is 0 Å². The number of rotatable bonds is 5. The van der Waals surface area contributed by atoms with E-state index < -0.39 is 0 Å². The number of thioether (sulfide) groups is 1. The van der Waals surface area contributed by atoms with Gasteiger partial charge in [0.1, 0.15) is 10.4 Å². The summed E-state index contributed by atoms with van der Waals surface area (Å²) in [4.78, 5) is 9.92. The molecule has 10 rings (SSSR count). The van der Waals surface area contributed by atoms with Crippen molar-refractivity contribution in [3.05, 3.63) is 160 Å². The molecule has 4 aliphatic rings. The van der Waals surface area contributed by atoms with Gasteiger partial charge in [-0.1, -0.05) is 123 Å². The SMILES string of the molecule is C1=CC2=C(CC1)NC(c1ccc(-c3ccc4c(c3)Oc3cc(-c5ccc(-c6nc7c(s6)C=CCC7)cc5)ccc3N4c3ccccc3)cc1)S2.CC. The average Bonchev–Trinajstić information content (AvgIpc) is 3.86. The van der Waals surface area contributed by atoms with E-state index in [1.807, 2.05) is 25.6 Å². The molecule has 6 aromatic rings. The van der Waals surface area contributed by atoms with Crippen LogP contribution in [0.4, 0.5) is 17.1 Å². The van der Waals surface area contributed by atoms with Crippen molar-refractivity contribution in [1.29, 1.82) is 0 Å². The quantitative estimate of drug-likeness (QED) is 0.192. The number of aromatic nitrogens is 1. The van der Waals surface area contributed by atoms with E-state index in [1.165, 1.54) is 32.3 Å². The van der Waals surface area contributed by atoms with Crippen molar-refractivity contribution in [1.82, 2.24) is 10.3 Å². The largest absolute Gasteiger partial charge is 0.453 e. The number of fused-ring (bicyclic) bond motifs is 3. The Balaban J connectivity index is 0.00000177. The molecule has 0 amide bonds. The first-order chi connectivity index (χ1) is 25.7. The van der Waals surface area contributed by atoms with Gasteiger partial charge in [-0.25, -0.2) is 4.98 Å². The number of nitrogens with one attached hydrogen (secondary N) is 1. The standard InChI is InChI=1S/C44H33N3OS2.C2H6/c1-2-8-34(9-3-1)47-37-24-22-32(28-14-18-30(19-15-28)43-45-35-10-4-6-12-41(35)49-43)26-39(37)48-40-27-33(23-25-38(40)47)29-16-20-31(21-17-29)44-46-36-11-5-7-13-42(36)50-44;1-2/h1-3,6-9,12-27,43,45H,4-5,10-11H2;1-2H3. The Labute approximate surface area is 314 Å². The summed E-state index contributed by atoms with van der Waals surface area (Å²) in [7, 11) is 0. The number of hydrogen-bond donors (Lipinski definition) is 1. The molecule has 0 fully saturated rings. The van der Waals surface area contributed by atoms with Crippen molar-refractivity contribution in [2.75, 3.05) is 4.90 Å². The van der Waals surface area contributed by atoms with Gasteiger partial charge in [0, 0.05) is 21.9 Å². The summed E-state index contributed by atoms with van der Waals surface area (Å²) in [5.41, 5.74) is 12.8. The van der Waals surface area contributed by atoms with Crippen LogP contribution in [0.1, 0.15) is 54.6 Å². The highest BCUT2D eigenvalue weighted by molar-refractivity contribution is 8.03. The van der Waals surface area contributed by atoms with Gasteiger partial charge in [0.05, 0.1) is 21.9 Å². The van der Waals surface area contributed by atoms with Gasteiger partial charge < -0.3 is 15.0 Å². The third-order valence-corrected chi connectivity index (χ3v) is 12.2. The molecule has 1 aromatic heterocycles. The lowest BCUT2D eigenvalue weighted by molar-refractivity contribution is 0.477. The van der Waals surface area contributed by atoms with E-state index in [0.717, 1.165) is 81.5 Å². The number of allylic oxidation sites excluding steroid dienone is 4. The molecule has 0 saturated carbocycles. The summed E-state index contributed by atoms with van der Waals surface area (Å²) in [6.45, 7) is 4.00. The predicted octanol–water partition coefficient (Wildman–Crippen LogP) is 13.6. The highest BCUT2D eigenvalue weighted by atomic mass is 32.2. The summed E-state index contributed by atoms with van der Waals surface area (Å²) in [5.74, 6) is 1.68. The Morgan fingerprint density at radius 2 is 1.29 bits per heavy atom. The normalized spacial score (nSPS) is 16.5. The molecule has 2 aliphatic carbocycles. The Bertz CT molecular complexity index is 2350. The Kier molecular flexibility index (Phi) is 8.79. The molecule has 0 saturated heterocycles. The van der Waals surface area contributed by atoms with Crippen molar-refractivity contribution in [2.45, 2.75) is 44.9 Å².